The molecular formula is C28H28BrF5N4O3S. The Bertz CT molecular complexity index is 1610. The molecule has 0 aliphatic carbocycles. The van der Waals surface area contributed by atoms with Crippen molar-refractivity contribution in [3.8, 4) is 11.1 Å². The van der Waals surface area contributed by atoms with Crippen molar-refractivity contribution < 1.29 is 31.8 Å². The molecule has 14 heteroatoms. The number of piperazine rings is 1. The maximum atomic E-state index is 15.2. The molecule has 5 rings (SSSR count). The highest BCUT2D eigenvalue weighted by molar-refractivity contribution is 9.10. The van der Waals surface area contributed by atoms with Gasteiger partial charge in [0.05, 0.1) is 28.2 Å². The molecule has 1 saturated heterocycles. The van der Waals surface area contributed by atoms with Gasteiger partial charge in [-0.2, -0.15) is 18.2 Å². The average molecular weight is 676 g/mol. The summed E-state index contributed by atoms with van der Waals surface area (Å²) in [6, 6.07) is 1.34. The molecule has 0 radical (unpaired) electrons. The summed E-state index contributed by atoms with van der Waals surface area (Å²) >= 11 is 4.03. The standard InChI is InChI=1S/C28H28BrF5N4O3S/c1-5-22(39)37-13(2)9-36(10-14(37)3)26-17-6-18(28(32,33)34)23(16-7-19(29)21(31)8-20(16)30)25-24(17)38(27(40)35-26)15(11-41-4)12-42-25/h5-8,13-15,22,39H,1,9-12H2,2-4H3/t13-,14+,15-,22?/m0/s1. The number of methoxy groups -OCH3 is 1. The number of aromatic nitrogens is 2. The molecule has 4 atom stereocenters. The SMILES string of the molecule is C=CC(O)N1[C@H](C)CN(c2nc(=O)n3c4c(c(-c5cc(Br)c(F)cc5F)c(C(F)(F)F)cc24)SC[C@@H]3COC)C[C@@H]1C. The number of aliphatic hydroxyl groups excluding tert-OH is 1. The van der Waals surface area contributed by atoms with E-state index in [-0.39, 0.29) is 63.6 Å². The van der Waals surface area contributed by atoms with Gasteiger partial charge >= 0.3 is 11.9 Å². The number of benzene rings is 2. The Morgan fingerprint density at radius 2 is 1.88 bits per heavy atom. The molecule has 0 amide bonds. The molecule has 0 spiro atoms. The highest BCUT2D eigenvalue weighted by atomic mass is 79.9. The molecule has 0 saturated carbocycles. The van der Waals surface area contributed by atoms with Gasteiger partial charge in [-0.05, 0) is 48.0 Å². The van der Waals surface area contributed by atoms with Crippen molar-refractivity contribution in [3.63, 3.8) is 0 Å². The van der Waals surface area contributed by atoms with Gasteiger partial charge < -0.3 is 14.7 Å². The van der Waals surface area contributed by atoms with E-state index in [2.05, 4.69) is 27.5 Å². The van der Waals surface area contributed by atoms with Crippen molar-refractivity contribution in [1.29, 1.82) is 0 Å². The van der Waals surface area contributed by atoms with Crippen molar-refractivity contribution >= 4 is 44.4 Å². The second kappa shape index (κ2) is 11.5. The van der Waals surface area contributed by atoms with Crippen molar-refractivity contribution in [1.82, 2.24) is 14.5 Å². The molecular weight excluding hydrogens is 647 g/mol. The van der Waals surface area contributed by atoms with Crippen LogP contribution >= 0.6 is 27.7 Å². The van der Waals surface area contributed by atoms with Crippen molar-refractivity contribution in [2.45, 2.75) is 49.3 Å². The van der Waals surface area contributed by atoms with E-state index in [1.807, 2.05) is 18.7 Å². The zero-order valence-electron chi connectivity index (χ0n) is 22.9. The average Bonchev–Trinajstić information content (AvgIpc) is 2.91. The molecule has 42 heavy (non-hydrogen) atoms. The summed E-state index contributed by atoms with van der Waals surface area (Å²) in [4.78, 5) is 21.5. The van der Waals surface area contributed by atoms with Crippen LogP contribution in [-0.4, -0.2) is 70.4 Å². The quantitative estimate of drug-likeness (QED) is 0.201. The summed E-state index contributed by atoms with van der Waals surface area (Å²) in [5.74, 6) is -1.89. The van der Waals surface area contributed by atoms with Gasteiger partial charge in [-0.3, -0.25) is 9.47 Å². The lowest BCUT2D eigenvalue weighted by molar-refractivity contribution is -0.137. The van der Waals surface area contributed by atoms with Gasteiger partial charge in [-0.1, -0.05) is 6.58 Å². The van der Waals surface area contributed by atoms with Crippen molar-refractivity contribution in [3.05, 3.63) is 63.0 Å². The largest absolute Gasteiger partial charge is 0.417 e. The fraction of sp³-hybridized carbons (Fsp3) is 0.429. The predicted molar refractivity (Wildman–Crippen MR) is 155 cm³/mol. The first-order valence-electron chi connectivity index (χ1n) is 13.1. The van der Waals surface area contributed by atoms with Gasteiger partial charge in [-0.25, -0.2) is 13.6 Å². The van der Waals surface area contributed by atoms with Crippen LogP contribution in [0, 0.1) is 11.6 Å². The molecule has 3 aromatic rings. The minimum absolute atomic E-state index is 0.0483. The third-order valence-electron chi connectivity index (χ3n) is 7.68. The Morgan fingerprint density at radius 1 is 1.21 bits per heavy atom. The Morgan fingerprint density at radius 3 is 2.48 bits per heavy atom. The number of hydrogen-bond acceptors (Lipinski definition) is 7. The van der Waals surface area contributed by atoms with Gasteiger partial charge in [0, 0.05) is 65.5 Å². The van der Waals surface area contributed by atoms with Gasteiger partial charge in [0.2, 0.25) is 0 Å². The van der Waals surface area contributed by atoms with Crippen LogP contribution in [-0.2, 0) is 10.9 Å². The molecule has 226 valence electrons. The molecule has 1 N–H and O–H groups in total. The third-order valence-corrected chi connectivity index (χ3v) is 9.52. The Balaban J connectivity index is 1.84. The second-order valence-corrected chi connectivity index (χ2v) is 12.4. The van der Waals surface area contributed by atoms with Crippen LogP contribution < -0.4 is 10.6 Å². The topological polar surface area (TPSA) is 70.8 Å². The molecule has 2 aliphatic rings. The minimum Gasteiger partial charge on any atom is -0.383 e. The summed E-state index contributed by atoms with van der Waals surface area (Å²) in [5.41, 5.74) is -2.55. The van der Waals surface area contributed by atoms with E-state index in [9.17, 15) is 27.5 Å². The van der Waals surface area contributed by atoms with Crippen LogP contribution in [0.2, 0.25) is 0 Å². The lowest BCUT2D eigenvalue weighted by atomic mass is 9.95. The number of nitrogens with zero attached hydrogens (tertiary/aromatic N) is 4. The first-order valence-corrected chi connectivity index (χ1v) is 14.9. The van der Waals surface area contributed by atoms with E-state index in [1.165, 1.54) is 17.8 Å². The van der Waals surface area contributed by atoms with Gasteiger partial charge in [0.1, 0.15) is 23.7 Å². The summed E-state index contributed by atoms with van der Waals surface area (Å²) in [5, 5.41) is 10.5. The fourth-order valence-electron chi connectivity index (χ4n) is 6.00. The molecule has 2 aromatic carbocycles. The lowest BCUT2D eigenvalue weighted by Crippen LogP contribution is -2.60. The number of halogens is 6. The third kappa shape index (κ3) is 5.25. The number of rotatable bonds is 6. The van der Waals surface area contributed by atoms with Gasteiger partial charge in [-0.15, -0.1) is 11.8 Å². The number of hydrogen-bond donors (Lipinski definition) is 1. The normalized spacial score (nSPS) is 22.0. The Kier molecular flexibility index (Phi) is 8.49. The Labute approximate surface area is 251 Å². The molecule has 1 fully saturated rings. The minimum atomic E-state index is -4.93. The van der Waals surface area contributed by atoms with E-state index in [0.29, 0.717) is 6.07 Å². The van der Waals surface area contributed by atoms with E-state index in [4.69, 9.17) is 4.74 Å². The van der Waals surface area contributed by atoms with E-state index < -0.39 is 52.5 Å². The van der Waals surface area contributed by atoms with Gasteiger partial charge in [0.15, 0.2) is 0 Å². The zero-order valence-corrected chi connectivity index (χ0v) is 25.3. The van der Waals surface area contributed by atoms with E-state index >= 15 is 4.39 Å². The molecule has 3 heterocycles. The predicted octanol–water partition coefficient (Wildman–Crippen LogP) is 5.82. The zero-order chi connectivity index (χ0) is 30.7. The molecule has 7 nitrogen and oxygen atoms in total. The van der Waals surface area contributed by atoms with Crippen LogP contribution in [0.15, 0.2) is 45.0 Å². The maximum absolute atomic E-state index is 15.2. The highest BCUT2D eigenvalue weighted by Gasteiger charge is 2.41. The number of anilines is 1. The number of alkyl halides is 3. The maximum Gasteiger partial charge on any atom is 0.417 e. The molecule has 2 aliphatic heterocycles. The second-order valence-electron chi connectivity index (χ2n) is 10.5. The molecule has 1 unspecified atom stereocenters. The molecule has 0 bridgehead atoms. The summed E-state index contributed by atoms with van der Waals surface area (Å²) < 4.78 is 80.1. The van der Waals surface area contributed by atoms with Crippen LogP contribution in [0.25, 0.3) is 22.0 Å². The van der Waals surface area contributed by atoms with Crippen LogP contribution in [0.3, 0.4) is 0 Å². The van der Waals surface area contributed by atoms with Crippen LogP contribution in [0.1, 0.15) is 25.5 Å². The first-order chi connectivity index (χ1) is 19.8. The number of aliphatic hydroxyl groups is 1. The van der Waals surface area contributed by atoms with E-state index in [1.54, 1.807) is 4.90 Å². The van der Waals surface area contributed by atoms with Crippen LogP contribution in [0.5, 0.6) is 0 Å². The monoisotopic (exact) mass is 674 g/mol. The van der Waals surface area contributed by atoms with Crippen molar-refractivity contribution in [2.75, 3.05) is 37.5 Å². The Hall–Kier alpha value is -2.52. The van der Waals surface area contributed by atoms with Crippen molar-refractivity contribution in [2.24, 2.45) is 0 Å². The summed E-state index contributed by atoms with van der Waals surface area (Å²) in [6.07, 6.45) is -4.46. The first kappa shape index (κ1) is 30.9. The number of ether oxygens (including phenoxy) is 1. The smallest absolute Gasteiger partial charge is 0.383 e. The number of thioether (sulfide) groups is 1. The highest BCUT2D eigenvalue weighted by Crippen LogP contribution is 2.50. The van der Waals surface area contributed by atoms with Crippen LogP contribution in [0.4, 0.5) is 27.8 Å². The fourth-order valence-corrected chi connectivity index (χ4v) is 7.66. The summed E-state index contributed by atoms with van der Waals surface area (Å²) in [6.45, 7) is 7.96. The summed E-state index contributed by atoms with van der Waals surface area (Å²) in [7, 11) is 1.45. The molecule has 1 aromatic heterocycles. The van der Waals surface area contributed by atoms with E-state index in [0.717, 1.165) is 23.9 Å². The lowest BCUT2D eigenvalue weighted by Gasteiger charge is -2.46. The van der Waals surface area contributed by atoms with Gasteiger partial charge in [0.25, 0.3) is 0 Å².